The van der Waals surface area contributed by atoms with Crippen LogP contribution in [-0.4, -0.2) is 21.4 Å². The molecule has 1 N–H and O–H groups in total. The molecule has 0 aliphatic rings. The number of rotatable bonds is 6. The Kier molecular flexibility index (Phi) is 6.42. The fraction of sp³-hybridized carbons (Fsp3) is 0.118. The number of nitrogens with zero attached hydrogens (tertiary/aromatic N) is 2. The van der Waals surface area contributed by atoms with Crippen LogP contribution in [0, 0.1) is 9.77 Å². The van der Waals surface area contributed by atoms with Crippen molar-refractivity contribution in [3.8, 4) is 5.69 Å². The van der Waals surface area contributed by atoms with Gasteiger partial charge >= 0.3 is 0 Å². The van der Waals surface area contributed by atoms with Crippen molar-refractivity contribution in [2.24, 2.45) is 0 Å². The molecule has 4 nitrogen and oxygen atoms in total. The van der Waals surface area contributed by atoms with Crippen molar-refractivity contribution in [2.45, 2.75) is 10.9 Å². The van der Waals surface area contributed by atoms with Gasteiger partial charge in [-0.2, -0.15) is 0 Å². The van der Waals surface area contributed by atoms with E-state index in [0.29, 0.717) is 25.5 Å². The van der Waals surface area contributed by atoms with Gasteiger partial charge in [0.25, 0.3) is 0 Å². The highest BCUT2D eigenvalue weighted by Gasteiger charge is 2.10. The maximum Gasteiger partial charge on any atom is 0.230 e. The van der Waals surface area contributed by atoms with E-state index in [9.17, 15) is 9.18 Å². The number of aromatic nitrogens is 2. The molecule has 9 heteroatoms. The van der Waals surface area contributed by atoms with Crippen LogP contribution in [0.5, 0.6) is 0 Å². The van der Waals surface area contributed by atoms with E-state index in [0.717, 1.165) is 5.56 Å². The number of benzene rings is 2. The van der Waals surface area contributed by atoms with Gasteiger partial charge in [-0.25, -0.2) is 9.07 Å². The molecule has 0 bridgehead atoms. The third kappa shape index (κ3) is 4.91. The zero-order chi connectivity index (χ0) is 18.5. The maximum absolute atomic E-state index is 13.0. The topological polar surface area (TPSA) is 46.9 Å². The lowest BCUT2D eigenvalue weighted by atomic mass is 10.2. The average molecular weight is 426 g/mol. The Morgan fingerprint density at radius 3 is 2.73 bits per heavy atom. The molecule has 0 atom stereocenters. The van der Waals surface area contributed by atoms with Gasteiger partial charge in [0.15, 0.2) is 8.29 Å². The van der Waals surface area contributed by atoms with Crippen LogP contribution in [0.4, 0.5) is 4.39 Å². The van der Waals surface area contributed by atoms with Gasteiger partial charge in [-0.3, -0.25) is 4.79 Å². The minimum atomic E-state index is -0.319. The summed E-state index contributed by atoms with van der Waals surface area (Å²) in [6.07, 6.45) is 0. The Bertz CT molecular complexity index is 972. The molecule has 0 saturated carbocycles. The molecule has 0 radical (unpaired) electrons. The summed E-state index contributed by atoms with van der Waals surface area (Å²) in [5.41, 5.74) is 1.55. The number of thioether (sulfide) groups is 1. The van der Waals surface area contributed by atoms with Gasteiger partial charge in [-0.05, 0) is 48.1 Å². The lowest BCUT2D eigenvalue weighted by Gasteiger charge is -2.06. The number of nitrogens with one attached hydrogen (secondary N) is 1. The van der Waals surface area contributed by atoms with Gasteiger partial charge in [0.2, 0.25) is 5.91 Å². The Morgan fingerprint density at radius 1 is 1.27 bits per heavy atom. The SMILES string of the molecule is O=C(CSc1nn(-c2ccc(F)cc2)c(=S)s1)NCc1ccccc1Cl. The molecule has 2 aromatic carbocycles. The van der Waals surface area contributed by atoms with E-state index < -0.39 is 0 Å². The number of hydrogen-bond acceptors (Lipinski definition) is 5. The second-order valence-corrected chi connectivity index (χ2v) is 8.43. The summed E-state index contributed by atoms with van der Waals surface area (Å²) in [4.78, 5) is 12.0. The molecule has 0 aliphatic carbocycles. The second kappa shape index (κ2) is 8.77. The molecular formula is C17H13ClFN3OS3. The van der Waals surface area contributed by atoms with E-state index >= 15 is 0 Å². The van der Waals surface area contributed by atoms with Crippen molar-refractivity contribution < 1.29 is 9.18 Å². The lowest BCUT2D eigenvalue weighted by Crippen LogP contribution is -2.24. The van der Waals surface area contributed by atoms with E-state index in [-0.39, 0.29) is 17.5 Å². The van der Waals surface area contributed by atoms with Crippen LogP contribution >= 0.6 is 46.9 Å². The van der Waals surface area contributed by atoms with Crippen LogP contribution in [-0.2, 0) is 11.3 Å². The number of carbonyl (C=O) groups excluding carboxylic acids is 1. The van der Waals surface area contributed by atoms with Gasteiger partial charge in [0.1, 0.15) is 5.82 Å². The highest BCUT2D eigenvalue weighted by atomic mass is 35.5. The third-order valence-corrected chi connectivity index (χ3v) is 6.10. The van der Waals surface area contributed by atoms with E-state index in [4.69, 9.17) is 23.8 Å². The van der Waals surface area contributed by atoms with Gasteiger partial charge in [-0.1, -0.05) is 52.9 Å². The van der Waals surface area contributed by atoms with Gasteiger partial charge < -0.3 is 5.32 Å². The van der Waals surface area contributed by atoms with Gasteiger partial charge in [-0.15, -0.1) is 5.10 Å². The molecule has 134 valence electrons. The first-order valence-electron chi connectivity index (χ1n) is 7.52. The first-order chi connectivity index (χ1) is 12.5. The quantitative estimate of drug-likeness (QED) is 0.452. The molecule has 3 rings (SSSR count). The fourth-order valence-corrected chi connectivity index (χ4v) is 4.47. The molecule has 1 amide bonds. The van der Waals surface area contributed by atoms with Crippen LogP contribution in [0.25, 0.3) is 5.69 Å². The molecule has 26 heavy (non-hydrogen) atoms. The Morgan fingerprint density at radius 2 is 2.00 bits per heavy atom. The van der Waals surface area contributed by atoms with Crippen molar-refractivity contribution in [3.05, 3.63) is 68.9 Å². The predicted molar refractivity (Wildman–Crippen MR) is 106 cm³/mol. The molecule has 0 spiro atoms. The first kappa shape index (κ1) is 19.0. The van der Waals surface area contributed by atoms with Crippen molar-refractivity contribution in [1.29, 1.82) is 0 Å². The maximum atomic E-state index is 13.0. The summed E-state index contributed by atoms with van der Waals surface area (Å²) in [5, 5.41) is 7.83. The first-order valence-corrected chi connectivity index (χ1v) is 10.1. The summed E-state index contributed by atoms with van der Waals surface area (Å²) in [5.74, 6) is -0.222. The van der Waals surface area contributed by atoms with Crippen LogP contribution in [0.1, 0.15) is 5.56 Å². The summed E-state index contributed by atoms with van der Waals surface area (Å²) >= 11 is 14.0. The summed E-state index contributed by atoms with van der Waals surface area (Å²) in [6.45, 7) is 0.374. The largest absolute Gasteiger partial charge is 0.351 e. The zero-order valence-electron chi connectivity index (χ0n) is 13.3. The fourth-order valence-electron chi connectivity index (χ4n) is 2.08. The van der Waals surface area contributed by atoms with E-state index in [1.54, 1.807) is 22.9 Å². The highest BCUT2D eigenvalue weighted by Crippen LogP contribution is 2.24. The van der Waals surface area contributed by atoms with Crippen molar-refractivity contribution in [3.63, 3.8) is 0 Å². The number of amides is 1. The third-order valence-electron chi connectivity index (χ3n) is 3.36. The highest BCUT2D eigenvalue weighted by molar-refractivity contribution is 8.01. The average Bonchev–Trinajstić information content (AvgIpc) is 3.01. The number of hydrogen-bond donors (Lipinski definition) is 1. The zero-order valence-corrected chi connectivity index (χ0v) is 16.5. The predicted octanol–water partition coefficient (Wildman–Crippen LogP) is 4.86. The number of halogens is 2. The Balaban J connectivity index is 1.57. The molecule has 1 aromatic heterocycles. The lowest BCUT2D eigenvalue weighted by molar-refractivity contribution is -0.118. The van der Waals surface area contributed by atoms with Crippen LogP contribution in [0.2, 0.25) is 5.02 Å². The van der Waals surface area contributed by atoms with Crippen LogP contribution in [0.15, 0.2) is 52.9 Å². The van der Waals surface area contributed by atoms with Gasteiger partial charge in [0, 0.05) is 11.6 Å². The van der Waals surface area contributed by atoms with Crippen molar-refractivity contribution in [1.82, 2.24) is 15.1 Å². The molecular weight excluding hydrogens is 413 g/mol. The standard InChI is InChI=1S/C17H13ClFN3OS3/c18-14-4-2-1-3-11(14)9-20-15(23)10-25-16-21-22(17(24)26-16)13-7-5-12(19)6-8-13/h1-8H,9-10H2,(H,20,23). The molecule has 3 aromatic rings. The van der Waals surface area contributed by atoms with E-state index in [1.165, 1.54) is 35.2 Å². The molecule has 0 saturated heterocycles. The normalized spacial score (nSPS) is 10.7. The van der Waals surface area contributed by atoms with Gasteiger partial charge in [0.05, 0.1) is 11.4 Å². The molecule has 1 heterocycles. The monoisotopic (exact) mass is 425 g/mol. The van der Waals surface area contributed by atoms with Crippen LogP contribution < -0.4 is 5.32 Å². The second-order valence-electron chi connectivity index (χ2n) is 5.18. The number of carbonyl (C=O) groups is 1. The van der Waals surface area contributed by atoms with Crippen molar-refractivity contribution in [2.75, 3.05) is 5.75 Å². The summed E-state index contributed by atoms with van der Waals surface area (Å²) in [7, 11) is 0. The van der Waals surface area contributed by atoms with E-state index in [2.05, 4.69) is 10.4 Å². The summed E-state index contributed by atoms with van der Waals surface area (Å²) < 4.78 is 15.8. The molecule has 0 fully saturated rings. The molecule has 0 aliphatic heterocycles. The minimum Gasteiger partial charge on any atom is -0.351 e. The molecule has 0 unspecified atom stereocenters. The van der Waals surface area contributed by atoms with E-state index in [1.807, 2.05) is 18.2 Å². The smallest absolute Gasteiger partial charge is 0.230 e. The summed E-state index contributed by atoms with van der Waals surface area (Å²) in [6, 6.07) is 13.3. The Hall–Kier alpha value is -1.74. The Labute approximate surface area is 168 Å². The minimum absolute atomic E-state index is 0.121. The van der Waals surface area contributed by atoms with Crippen LogP contribution in [0.3, 0.4) is 0 Å². The van der Waals surface area contributed by atoms with Crippen molar-refractivity contribution >= 4 is 52.8 Å².